The van der Waals surface area contributed by atoms with Gasteiger partial charge in [0.25, 0.3) is 0 Å². The number of aliphatic carboxylic acids is 1. The fourth-order valence-corrected chi connectivity index (χ4v) is 6.64. The number of Topliss-reactive ketones (excluding diaryl/α,β-unsaturated/α-hetero) is 2. The molecule has 206 valence electrons. The SMILES string of the molecule is CCc1cc(C#CC2=CCCCC2)c(O)c2c1C[C@]1(O)C[C@]3(O)CC(O)C(C(=O)O)C(=O)[C@]3(O)C(=O)C1=C2O. The minimum atomic E-state index is -3.35. The Morgan fingerprint density at radius 2 is 1.85 bits per heavy atom. The Morgan fingerprint density at radius 1 is 1.13 bits per heavy atom. The van der Waals surface area contributed by atoms with Crippen molar-refractivity contribution in [1.29, 1.82) is 0 Å². The van der Waals surface area contributed by atoms with E-state index in [0.29, 0.717) is 17.5 Å². The van der Waals surface area contributed by atoms with Crippen molar-refractivity contribution in [2.75, 3.05) is 0 Å². The molecule has 4 aliphatic rings. The van der Waals surface area contributed by atoms with Crippen LogP contribution >= 0.6 is 0 Å². The Bertz CT molecular complexity index is 1440. The van der Waals surface area contributed by atoms with E-state index in [1.807, 2.05) is 13.0 Å². The predicted octanol–water partition coefficient (Wildman–Crippen LogP) is 0.832. The Balaban J connectivity index is 1.70. The van der Waals surface area contributed by atoms with Crippen LogP contribution in [-0.4, -0.2) is 76.2 Å². The molecule has 0 saturated heterocycles. The number of carboxylic acid groups (broad SMARTS) is 1. The minimum absolute atomic E-state index is 0.177. The lowest BCUT2D eigenvalue weighted by atomic mass is 9.52. The number of aliphatic hydroxyl groups excluding tert-OH is 2. The highest BCUT2D eigenvalue weighted by Gasteiger charge is 2.74. The zero-order valence-corrected chi connectivity index (χ0v) is 21.3. The van der Waals surface area contributed by atoms with E-state index >= 15 is 0 Å². The van der Waals surface area contributed by atoms with E-state index in [1.165, 1.54) is 0 Å². The van der Waals surface area contributed by atoms with Gasteiger partial charge in [0.2, 0.25) is 11.4 Å². The summed E-state index contributed by atoms with van der Waals surface area (Å²) in [5, 5.41) is 76.6. The van der Waals surface area contributed by atoms with Gasteiger partial charge in [0, 0.05) is 19.3 Å². The molecule has 0 aliphatic heterocycles. The molecular weight excluding hydrogens is 508 g/mol. The maximum absolute atomic E-state index is 13.7. The lowest BCUT2D eigenvalue weighted by Gasteiger charge is -2.55. The van der Waals surface area contributed by atoms with Crippen molar-refractivity contribution < 1.29 is 50.1 Å². The molecule has 0 spiro atoms. The Hall–Kier alpha value is -3.49. The molecule has 1 aromatic rings. The number of carbonyl (C=O) groups excluding carboxylic acids is 2. The smallest absolute Gasteiger partial charge is 0.316 e. The Kier molecular flexibility index (Phi) is 6.27. The quantitative estimate of drug-likeness (QED) is 0.209. The molecule has 2 fully saturated rings. The first-order valence-corrected chi connectivity index (χ1v) is 13.0. The summed E-state index contributed by atoms with van der Waals surface area (Å²) in [6.45, 7) is 1.81. The van der Waals surface area contributed by atoms with Crippen LogP contribution in [0.2, 0.25) is 0 Å². The van der Waals surface area contributed by atoms with Crippen LogP contribution in [-0.2, 0) is 27.2 Å². The van der Waals surface area contributed by atoms with Gasteiger partial charge in [0.15, 0.2) is 5.78 Å². The Morgan fingerprint density at radius 3 is 2.46 bits per heavy atom. The van der Waals surface area contributed by atoms with Gasteiger partial charge in [-0.15, -0.1) is 0 Å². The van der Waals surface area contributed by atoms with Gasteiger partial charge in [-0.05, 0) is 54.9 Å². The largest absolute Gasteiger partial charge is 0.507 e. The number of allylic oxidation sites excluding steroid dienone is 2. The summed E-state index contributed by atoms with van der Waals surface area (Å²) >= 11 is 0. The maximum Gasteiger partial charge on any atom is 0.316 e. The summed E-state index contributed by atoms with van der Waals surface area (Å²) in [4.78, 5) is 38.5. The van der Waals surface area contributed by atoms with Crippen LogP contribution in [0.1, 0.15) is 67.7 Å². The third-order valence-electron chi connectivity index (χ3n) is 8.59. The number of carbonyl (C=O) groups is 3. The van der Waals surface area contributed by atoms with Crippen molar-refractivity contribution >= 4 is 23.3 Å². The average molecular weight is 539 g/mol. The van der Waals surface area contributed by atoms with E-state index in [4.69, 9.17) is 0 Å². The standard InChI is InChI=1S/C29H30O10/c1-2-15-10-16(9-8-14-6-4-3-5-7-14)22(31)19-17(15)11-27(37)13-28(38)12-18(30)20(26(35)36)24(33)29(28,39)25(34)21(27)23(19)32/h6,10,18,20,30-32,37-39H,2-5,7,11-13H2,1H3,(H,35,36)/t18?,20?,27-,28+,29-/m0/s1. The normalized spacial score (nSPS) is 33.8. The number of aliphatic hydroxyl groups is 5. The van der Waals surface area contributed by atoms with E-state index in [2.05, 4.69) is 11.8 Å². The number of hydrogen-bond donors (Lipinski definition) is 7. The second-order valence-electron chi connectivity index (χ2n) is 11.0. The van der Waals surface area contributed by atoms with Crippen molar-refractivity contribution in [3.8, 4) is 17.6 Å². The summed E-state index contributed by atoms with van der Waals surface area (Å²) in [6.07, 6.45) is 2.18. The molecule has 7 N–H and O–H groups in total. The van der Waals surface area contributed by atoms with Crippen molar-refractivity contribution in [2.45, 2.75) is 81.2 Å². The van der Waals surface area contributed by atoms with E-state index < -0.39 is 76.3 Å². The average Bonchev–Trinajstić information content (AvgIpc) is 2.86. The highest BCUT2D eigenvalue weighted by Crippen LogP contribution is 2.55. The molecule has 0 radical (unpaired) electrons. The van der Waals surface area contributed by atoms with Gasteiger partial charge in [-0.1, -0.05) is 24.8 Å². The minimum Gasteiger partial charge on any atom is -0.507 e. The number of ketones is 2. The molecule has 5 rings (SSSR count). The summed E-state index contributed by atoms with van der Waals surface area (Å²) in [5.41, 5.74) is -7.35. The number of phenolic OH excluding ortho intramolecular Hbond substituents is 1. The number of aryl methyl sites for hydroxylation is 1. The van der Waals surface area contributed by atoms with Crippen LogP contribution in [0.5, 0.6) is 5.75 Å². The second-order valence-corrected chi connectivity index (χ2v) is 11.0. The summed E-state index contributed by atoms with van der Waals surface area (Å²) in [5.74, 6) is -2.61. The number of fused-ring (bicyclic) bond motifs is 3. The van der Waals surface area contributed by atoms with E-state index in [0.717, 1.165) is 31.3 Å². The Labute approximate surface area is 223 Å². The highest BCUT2D eigenvalue weighted by atomic mass is 16.4. The van der Waals surface area contributed by atoms with Crippen molar-refractivity contribution in [3.63, 3.8) is 0 Å². The third-order valence-corrected chi connectivity index (χ3v) is 8.59. The van der Waals surface area contributed by atoms with Gasteiger partial charge in [-0.2, -0.15) is 0 Å². The van der Waals surface area contributed by atoms with Gasteiger partial charge in [-0.3, -0.25) is 14.4 Å². The topological polar surface area (TPSA) is 193 Å². The third kappa shape index (κ3) is 3.76. The molecule has 0 heterocycles. The van der Waals surface area contributed by atoms with Crippen LogP contribution in [0.3, 0.4) is 0 Å². The lowest BCUT2D eigenvalue weighted by molar-refractivity contribution is -0.224. The van der Waals surface area contributed by atoms with E-state index in [9.17, 15) is 50.1 Å². The molecule has 1 aromatic carbocycles. The number of rotatable bonds is 2. The zero-order chi connectivity index (χ0) is 28.5. The van der Waals surface area contributed by atoms with Crippen LogP contribution in [0.15, 0.2) is 23.3 Å². The number of carboxylic acids is 1. The molecule has 0 bridgehead atoms. The van der Waals surface area contributed by atoms with Crippen molar-refractivity contribution in [1.82, 2.24) is 0 Å². The maximum atomic E-state index is 13.7. The van der Waals surface area contributed by atoms with Gasteiger partial charge >= 0.3 is 5.97 Å². The molecule has 5 atom stereocenters. The first kappa shape index (κ1) is 27.1. The van der Waals surface area contributed by atoms with Gasteiger partial charge in [-0.25, -0.2) is 0 Å². The molecule has 39 heavy (non-hydrogen) atoms. The number of hydrogen-bond acceptors (Lipinski definition) is 9. The molecule has 4 aliphatic carbocycles. The molecular formula is C29H30O10. The molecule has 0 aromatic heterocycles. The molecule has 2 unspecified atom stereocenters. The van der Waals surface area contributed by atoms with Gasteiger partial charge in [0.05, 0.1) is 22.8 Å². The predicted molar refractivity (Wildman–Crippen MR) is 135 cm³/mol. The lowest BCUT2D eigenvalue weighted by Crippen LogP contribution is -2.77. The number of benzene rings is 1. The monoisotopic (exact) mass is 538 g/mol. The van der Waals surface area contributed by atoms with Crippen LogP contribution in [0.4, 0.5) is 0 Å². The first-order valence-electron chi connectivity index (χ1n) is 13.0. The highest BCUT2D eigenvalue weighted by molar-refractivity contribution is 6.26. The number of aromatic hydroxyl groups is 1. The van der Waals surface area contributed by atoms with Gasteiger partial charge in [0.1, 0.15) is 28.6 Å². The fourth-order valence-electron chi connectivity index (χ4n) is 6.64. The first-order chi connectivity index (χ1) is 18.3. The molecule has 10 heteroatoms. The summed E-state index contributed by atoms with van der Waals surface area (Å²) in [7, 11) is 0. The van der Waals surface area contributed by atoms with Crippen LogP contribution in [0, 0.1) is 17.8 Å². The van der Waals surface area contributed by atoms with Crippen molar-refractivity contribution in [3.05, 3.63) is 45.5 Å². The fraction of sp³-hybridized carbons (Fsp3) is 0.483. The van der Waals surface area contributed by atoms with Crippen LogP contribution < -0.4 is 0 Å². The molecule has 0 amide bonds. The van der Waals surface area contributed by atoms with Crippen LogP contribution in [0.25, 0.3) is 5.76 Å². The van der Waals surface area contributed by atoms with Gasteiger partial charge < -0.3 is 35.7 Å². The zero-order valence-electron chi connectivity index (χ0n) is 21.3. The summed E-state index contributed by atoms with van der Waals surface area (Å²) < 4.78 is 0. The molecule has 2 saturated carbocycles. The second kappa shape index (κ2) is 9.03. The van der Waals surface area contributed by atoms with E-state index in [1.54, 1.807) is 6.07 Å². The van der Waals surface area contributed by atoms with Crippen molar-refractivity contribution in [2.24, 2.45) is 5.92 Å². The van der Waals surface area contributed by atoms with E-state index in [-0.39, 0.29) is 17.5 Å². The molecule has 10 nitrogen and oxygen atoms in total. The number of phenols is 1. The summed E-state index contributed by atoms with van der Waals surface area (Å²) in [6, 6.07) is 1.63.